The molecule has 132 valence electrons. The van der Waals surface area contributed by atoms with Crippen molar-refractivity contribution in [1.29, 1.82) is 0 Å². The average molecular weight is 351 g/mol. The minimum Gasteiger partial charge on any atom is -0.478 e. The highest BCUT2D eigenvalue weighted by Crippen LogP contribution is 2.22. The number of amides is 2. The van der Waals surface area contributed by atoms with Crippen LogP contribution in [0.15, 0.2) is 48.7 Å². The maximum absolute atomic E-state index is 12.2. The molecule has 0 saturated carbocycles. The van der Waals surface area contributed by atoms with E-state index >= 15 is 0 Å². The summed E-state index contributed by atoms with van der Waals surface area (Å²) in [7, 11) is 0. The molecule has 8 heteroatoms. The number of nitrogens with two attached hydrogens (primary N) is 1. The van der Waals surface area contributed by atoms with Crippen LogP contribution in [0.25, 0.3) is 11.3 Å². The van der Waals surface area contributed by atoms with Crippen LogP contribution in [0.3, 0.4) is 0 Å². The van der Waals surface area contributed by atoms with Gasteiger partial charge in [0, 0.05) is 16.9 Å². The molecule has 0 spiro atoms. The van der Waals surface area contributed by atoms with E-state index in [1.54, 1.807) is 43.5 Å². The molecule has 0 atom stereocenters. The number of nitrogens with zero attached hydrogens (tertiary/aromatic N) is 1. The third-order valence-electron chi connectivity index (χ3n) is 3.74. The molecular formula is C18H17N5O3. The first-order chi connectivity index (χ1) is 12.4. The Morgan fingerprint density at radius 2 is 1.85 bits per heavy atom. The number of benzene rings is 2. The van der Waals surface area contributed by atoms with Crippen molar-refractivity contribution in [1.82, 2.24) is 9.97 Å². The molecule has 1 heterocycles. The van der Waals surface area contributed by atoms with E-state index in [1.165, 1.54) is 6.07 Å². The smallest absolute Gasteiger partial charge is 0.335 e. The quantitative estimate of drug-likeness (QED) is 0.492. The fraction of sp³-hybridized carbons (Fsp3) is 0.0556. The van der Waals surface area contributed by atoms with Crippen LogP contribution in [0.5, 0.6) is 0 Å². The molecule has 3 rings (SSSR count). The number of hydrogen-bond donors (Lipinski definition) is 5. The van der Waals surface area contributed by atoms with Gasteiger partial charge in [0.1, 0.15) is 0 Å². The van der Waals surface area contributed by atoms with Crippen molar-refractivity contribution in [2.45, 2.75) is 6.92 Å². The van der Waals surface area contributed by atoms with Crippen LogP contribution in [0, 0.1) is 6.92 Å². The van der Waals surface area contributed by atoms with Crippen LogP contribution in [-0.4, -0.2) is 27.1 Å². The van der Waals surface area contributed by atoms with Crippen LogP contribution in [0.1, 0.15) is 15.9 Å². The van der Waals surface area contributed by atoms with Crippen LogP contribution in [0.2, 0.25) is 0 Å². The minimum atomic E-state index is -1.00. The Labute approximate surface area is 149 Å². The van der Waals surface area contributed by atoms with E-state index in [9.17, 15) is 9.59 Å². The van der Waals surface area contributed by atoms with Gasteiger partial charge in [-0.3, -0.25) is 0 Å². The molecule has 0 aliphatic heterocycles. The number of imidazole rings is 1. The average Bonchev–Trinajstić information content (AvgIpc) is 3.01. The summed E-state index contributed by atoms with van der Waals surface area (Å²) in [5.41, 5.74) is 9.00. The van der Waals surface area contributed by atoms with Gasteiger partial charge in [0.15, 0.2) is 5.95 Å². The fourth-order valence-corrected chi connectivity index (χ4v) is 2.52. The highest BCUT2D eigenvalue weighted by atomic mass is 16.4. The number of nitrogens with one attached hydrogen (secondary N) is 3. The summed E-state index contributed by atoms with van der Waals surface area (Å²) in [6.07, 6.45) is 1.61. The zero-order chi connectivity index (χ0) is 18.7. The molecule has 0 unspecified atom stereocenters. The number of carboxylic acids is 1. The molecule has 2 amide bonds. The van der Waals surface area contributed by atoms with E-state index in [1.807, 2.05) is 6.07 Å². The third-order valence-corrected chi connectivity index (χ3v) is 3.74. The molecule has 0 saturated heterocycles. The Hall–Kier alpha value is -3.81. The van der Waals surface area contributed by atoms with Crippen molar-refractivity contribution in [2.24, 2.45) is 0 Å². The molecule has 0 radical (unpaired) electrons. The number of carbonyl (C=O) groups excluding carboxylic acids is 1. The second-order valence-corrected chi connectivity index (χ2v) is 5.68. The highest BCUT2D eigenvalue weighted by molar-refractivity contribution is 6.00. The molecule has 0 bridgehead atoms. The molecule has 8 nitrogen and oxygen atoms in total. The Bertz CT molecular complexity index is 980. The fourth-order valence-electron chi connectivity index (χ4n) is 2.52. The van der Waals surface area contributed by atoms with Crippen molar-refractivity contribution < 1.29 is 14.7 Å². The van der Waals surface area contributed by atoms with E-state index in [4.69, 9.17) is 10.8 Å². The van der Waals surface area contributed by atoms with Gasteiger partial charge in [0.05, 0.1) is 17.5 Å². The van der Waals surface area contributed by atoms with Crippen molar-refractivity contribution in [3.05, 3.63) is 59.8 Å². The summed E-state index contributed by atoms with van der Waals surface area (Å²) in [6, 6.07) is 11.4. The summed E-state index contributed by atoms with van der Waals surface area (Å²) in [4.78, 5) is 30.1. The van der Waals surface area contributed by atoms with E-state index in [-0.39, 0.29) is 5.56 Å². The summed E-state index contributed by atoms with van der Waals surface area (Å²) < 4.78 is 0. The van der Waals surface area contributed by atoms with Crippen LogP contribution in [0.4, 0.5) is 22.1 Å². The standard InChI is InChI=1S/C18H17N5O3/c1-10-7-13(5-6-14(10)16(24)25)22-18(26)21-12-4-2-3-11(8-12)15-9-20-17(19)23-15/h2-9H,1H3,(H,24,25)(H3,19,20,23)(H2,21,22,26). The van der Waals surface area contributed by atoms with Gasteiger partial charge in [-0.05, 0) is 42.8 Å². The van der Waals surface area contributed by atoms with E-state index in [2.05, 4.69) is 20.6 Å². The normalized spacial score (nSPS) is 10.3. The van der Waals surface area contributed by atoms with Crippen LogP contribution < -0.4 is 16.4 Å². The van der Waals surface area contributed by atoms with Gasteiger partial charge in [-0.2, -0.15) is 0 Å². The predicted molar refractivity (Wildman–Crippen MR) is 99.2 cm³/mol. The van der Waals surface area contributed by atoms with Gasteiger partial charge < -0.3 is 26.5 Å². The molecule has 6 N–H and O–H groups in total. The van der Waals surface area contributed by atoms with E-state index in [0.29, 0.717) is 22.9 Å². The predicted octanol–water partition coefficient (Wildman–Crippen LogP) is 3.31. The number of H-pyrrole nitrogens is 1. The van der Waals surface area contributed by atoms with Crippen LogP contribution in [-0.2, 0) is 0 Å². The molecule has 0 aliphatic rings. The SMILES string of the molecule is Cc1cc(NC(=O)Nc2cccc(-c3cnc(N)[nH]3)c2)ccc1C(=O)O. The van der Waals surface area contributed by atoms with Gasteiger partial charge in [-0.25, -0.2) is 14.6 Å². The van der Waals surface area contributed by atoms with Gasteiger partial charge in [0.2, 0.25) is 0 Å². The second kappa shape index (κ2) is 6.98. The van der Waals surface area contributed by atoms with Gasteiger partial charge >= 0.3 is 12.0 Å². The number of rotatable bonds is 4. The minimum absolute atomic E-state index is 0.197. The summed E-state index contributed by atoms with van der Waals surface area (Å²) >= 11 is 0. The second-order valence-electron chi connectivity index (χ2n) is 5.68. The number of hydrogen-bond acceptors (Lipinski definition) is 4. The first-order valence-corrected chi connectivity index (χ1v) is 7.75. The number of carboxylic acid groups (broad SMARTS) is 1. The topological polar surface area (TPSA) is 133 Å². The summed E-state index contributed by atoms with van der Waals surface area (Å²) in [5, 5.41) is 14.5. The number of aromatic nitrogens is 2. The number of aromatic carboxylic acids is 1. The number of aromatic amines is 1. The first-order valence-electron chi connectivity index (χ1n) is 7.75. The third kappa shape index (κ3) is 3.81. The lowest BCUT2D eigenvalue weighted by atomic mass is 10.1. The Morgan fingerprint density at radius 1 is 1.12 bits per heavy atom. The van der Waals surface area contributed by atoms with Gasteiger partial charge in [0.25, 0.3) is 0 Å². The molecular weight excluding hydrogens is 334 g/mol. The van der Waals surface area contributed by atoms with E-state index in [0.717, 1.165) is 11.3 Å². The van der Waals surface area contributed by atoms with E-state index < -0.39 is 12.0 Å². The molecule has 3 aromatic rings. The first kappa shape index (κ1) is 17.0. The largest absolute Gasteiger partial charge is 0.478 e. The lowest BCUT2D eigenvalue weighted by molar-refractivity contribution is 0.0696. The number of aryl methyl sites for hydroxylation is 1. The molecule has 0 fully saturated rings. The Kier molecular flexibility index (Phi) is 4.57. The number of carbonyl (C=O) groups is 2. The maximum Gasteiger partial charge on any atom is 0.335 e. The zero-order valence-electron chi connectivity index (χ0n) is 13.9. The van der Waals surface area contributed by atoms with Gasteiger partial charge in [-0.1, -0.05) is 12.1 Å². The lowest BCUT2D eigenvalue weighted by Gasteiger charge is -2.10. The Morgan fingerprint density at radius 3 is 2.46 bits per heavy atom. The summed E-state index contributed by atoms with van der Waals surface area (Å²) in [5.74, 6) is -0.689. The van der Waals surface area contributed by atoms with Gasteiger partial charge in [-0.15, -0.1) is 0 Å². The van der Waals surface area contributed by atoms with Crippen LogP contribution >= 0.6 is 0 Å². The summed E-state index contributed by atoms with van der Waals surface area (Å²) in [6.45, 7) is 1.67. The highest BCUT2D eigenvalue weighted by Gasteiger charge is 2.09. The Balaban J connectivity index is 1.70. The van der Waals surface area contributed by atoms with Crippen molar-refractivity contribution in [2.75, 3.05) is 16.4 Å². The number of urea groups is 1. The number of anilines is 3. The number of nitrogen functional groups attached to an aromatic ring is 1. The molecule has 2 aromatic carbocycles. The zero-order valence-corrected chi connectivity index (χ0v) is 13.9. The maximum atomic E-state index is 12.2. The van der Waals surface area contributed by atoms with Crippen molar-refractivity contribution in [3.63, 3.8) is 0 Å². The van der Waals surface area contributed by atoms with Crippen molar-refractivity contribution >= 4 is 29.3 Å². The molecule has 1 aromatic heterocycles. The van der Waals surface area contributed by atoms with Crippen molar-refractivity contribution in [3.8, 4) is 11.3 Å². The lowest BCUT2D eigenvalue weighted by Crippen LogP contribution is -2.19. The molecule has 0 aliphatic carbocycles. The molecule has 26 heavy (non-hydrogen) atoms. The monoisotopic (exact) mass is 351 g/mol.